The van der Waals surface area contributed by atoms with Crippen LogP contribution in [0, 0.1) is 0 Å². The molecular formula is C10H18S. The van der Waals surface area contributed by atoms with Gasteiger partial charge in [0, 0.05) is 0 Å². The molecule has 1 aromatic rings. The van der Waals surface area contributed by atoms with Gasteiger partial charge in [0.15, 0.2) is 0 Å². The van der Waals surface area contributed by atoms with Crippen LogP contribution in [-0.2, 0) is 0 Å². The lowest BCUT2D eigenvalue weighted by Crippen LogP contribution is -1.66. The van der Waals surface area contributed by atoms with Crippen molar-refractivity contribution in [1.82, 2.24) is 0 Å². The molecule has 1 aromatic heterocycles. The third-order valence-corrected chi connectivity index (χ3v) is 2.01. The molecule has 0 radical (unpaired) electrons. The summed E-state index contributed by atoms with van der Waals surface area (Å²) in [6.45, 7) is 4.46. The Morgan fingerprint density at radius 2 is 1.36 bits per heavy atom. The van der Waals surface area contributed by atoms with E-state index in [2.05, 4.69) is 13.8 Å². The van der Waals surface area contributed by atoms with Crippen LogP contribution < -0.4 is 0 Å². The van der Waals surface area contributed by atoms with Crippen LogP contribution in [0.25, 0.3) is 0 Å². The molecule has 0 bridgehead atoms. The molecule has 0 nitrogen and oxygen atoms in total. The first-order valence-electron chi connectivity index (χ1n) is 4.39. The van der Waals surface area contributed by atoms with E-state index in [4.69, 9.17) is 0 Å². The zero-order chi connectivity index (χ0) is 8.36. The summed E-state index contributed by atoms with van der Waals surface area (Å²) in [4.78, 5) is 0. The second-order valence-electron chi connectivity index (χ2n) is 2.50. The lowest BCUT2D eigenvalue weighted by atomic mass is 10.2. The fourth-order valence-corrected chi connectivity index (χ4v) is 1.18. The van der Waals surface area contributed by atoms with Gasteiger partial charge in [0.25, 0.3) is 0 Å². The number of unbranched alkanes of at least 4 members (excludes halogenated alkanes) is 3. The molecule has 0 saturated heterocycles. The van der Waals surface area contributed by atoms with E-state index in [-0.39, 0.29) is 0 Å². The van der Waals surface area contributed by atoms with E-state index >= 15 is 0 Å². The van der Waals surface area contributed by atoms with Crippen LogP contribution in [0.15, 0.2) is 22.9 Å². The van der Waals surface area contributed by atoms with Gasteiger partial charge in [0.05, 0.1) is 0 Å². The van der Waals surface area contributed by atoms with Gasteiger partial charge < -0.3 is 0 Å². The van der Waals surface area contributed by atoms with E-state index in [1.54, 1.807) is 11.3 Å². The van der Waals surface area contributed by atoms with E-state index in [1.165, 1.54) is 25.7 Å². The van der Waals surface area contributed by atoms with Crippen LogP contribution >= 0.6 is 11.3 Å². The molecule has 0 fully saturated rings. The maximum atomic E-state index is 2.23. The average Bonchev–Trinajstić information content (AvgIpc) is 2.57. The first kappa shape index (κ1) is 10.7. The van der Waals surface area contributed by atoms with E-state index in [0.29, 0.717) is 0 Å². The highest BCUT2D eigenvalue weighted by Crippen LogP contribution is 1.95. The van der Waals surface area contributed by atoms with Crippen molar-refractivity contribution in [1.29, 1.82) is 0 Å². The molecule has 0 aliphatic heterocycles. The fourth-order valence-electron chi connectivity index (χ4n) is 0.727. The molecule has 0 aliphatic rings. The SMILES string of the molecule is CCCCCC.c1ccsc1. The standard InChI is InChI=1S/C6H14.C4H4S/c1-3-5-6-4-2;1-2-4-5-3-1/h3-6H2,1-2H3;1-4H. The number of hydrogen-bond donors (Lipinski definition) is 0. The highest BCUT2D eigenvalue weighted by molar-refractivity contribution is 7.07. The third kappa shape index (κ3) is 9.70. The molecule has 0 amide bonds. The smallest absolute Gasteiger partial charge is 0.00934 e. The molecule has 0 aromatic carbocycles. The summed E-state index contributed by atoms with van der Waals surface area (Å²) in [6.07, 6.45) is 5.54. The summed E-state index contributed by atoms with van der Waals surface area (Å²) in [5.41, 5.74) is 0. The Bertz CT molecular complexity index is 100. The number of thiophene rings is 1. The normalized spacial score (nSPS) is 8.55. The van der Waals surface area contributed by atoms with Crippen molar-refractivity contribution in [2.45, 2.75) is 39.5 Å². The van der Waals surface area contributed by atoms with Crippen molar-refractivity contribution in [2.24, 2.45) is 0 Å². The lowest BCUT2D eigenvalue weighted by molar-refractivity contribution is 0.702. The van der Waals surface area contributed by atoms with Crippen LogP contribution in [0.1, 0.15) is 39.5 Å². The molecular weight excluding hydrogens is 152 g/mol. The highest BCUT2D eigenvalue weighted by atomic mass is 32.1. The molecule has 0 aliphatic carbocycles. The van der Waals surface area contributed by atoms with Crippen molar-refractivity contribution in [3.05, 3.63) is 22.9 Å². The molecule has 0 atom stereocenters. The van der Waals surface area contributed by atoms with Crippen molar-refractivity contribution in [3.8, 4) is 0 Å². The lowest BCUT2D eigenvalue weighted by Gasteiger charge is -1.86. The fraction of sp³-hybridized carbons (Fsp3) is 0.600. The minimum absolute atomic E-state index is 1.36. The van der Waals surface area contributed by atoms with Gasteiger partial charge in [0.2, 0.25) is 0 Å². The second kappa shape index (κ2) is 9.70. The molecule has 0 unspecified atom stereocenters. The van der Waals surface area contributed by atoms with Gasteiger partial charge in [-0.2, -0.15) is 11.3 Å². The summed E-state index contributed by atoms with van der Waals surface area (Å²) >= 11 is 1.71. The summed E-state index contributed by atoms with van der Waals surface area (Å²) in [5.74, 6) is 0. The average molecular weight is 170 g/mol. The summed E-state index contributed by atoms with van der Waals surface area (Å²) in [7, 11) is 0. The van der Waals surface area contributed by atoms with Gasteiger partial charge in [-0.3, -0.25) is 0 Å². The molecule has 1 heteroatoms. The van der Waals surface area contributed by atoms with Gasteiger partial charge >= 0.3 is 0 Å². The minimum Gasteiger partial charge on any atom is -0.152 e. The number of hydrogen-bond acceptors (Lipinski definition) is 1. The van der Waals surface area contributed by atoms with Gasteiger partial charge in [-0.05, 0) is 10.8 Å². The van der Waals surface area contributed by atoms with Crippen LogP contribution in [0.5, 0.6) is 0 Å². The van der Waals surface area contributed by atoms with E-state index in [0.717, 1.165) is 0 Å². The van der Waals surface area contributed by atoms with Crippen LogP contribution in [0.4, 0.5) is 0 Å². The van der Waals surface area contributed by atoms with Crippen LogP contribution in [0.2, 0.25) is 0 Å². The first-order valence-corrected chi connectivity index (χ1v) is 5.33. The van der Waals surface area contributed by atoms with E-state index in [1.807, 2.05) is 22.9 Å². The predicted molar refractivity (Wildman–Crippen MR) is 54.1 cm³/mol. The topological polar surface area (TPSA) is 0 Å². The monoisotopic (exact) mass is 170 g/mol. The second-order valence-corrected chi connectivity index (χ2v) is 3.32. The summed E-state index contributed by atoms with van der Waals surface area (Å²) in [6, 6.07) is 4.04. The highest BCUT2D eigenvalue weighted by Gasteiger charge is 1.75. The summed E-state index contributed by atoms with van der Waals surface area (Å²) in [5, 5.41) is 4.08. The summed E-state index contributed by atoms with van der Waals surface area (Å²) < 4.78 is 0. The molecule has 0 saturated carbocycles. The van der Waals surface area contributed by atoms with Crippen LogP contribution in [-0.4, -0.2) is 0 Å². The zero-order valence-corrected chi connectivity index (χ0v) is 8.36. The Balaban J connectivity index is 0.000000183. The first-order chi connectivity index (χ1) is 5.41. The predicted octanol–water partition coefficient (Wildman–Crippen LogP) is 4.33. The van der Waals surface area contributed by atoms with Gasteiger partial charge in [-0.1, -0.05) is 51.7 Å². The molecule has 11 heavy (non-hydrogen) atoms. The largest absolute Gasteiger partial charge is 0.152 e. The van der Waals surface area contributed by atoms with Crippen molar-refractivity contribution in [2.75, 3.05) is 0 Å². The Kier molecular flexibility index (Phi) is 9.44. The Labute approximate surface area is 74.3 Å². The maximum absolute atomic E-state index is 2.23. The van der Waals surface area contributed by atoms with Crippen molar-refractivity contribution in [3.63, 3.8) is 0 Å². The molecule has 1 heterocycles. The third-order valence-electron chi connectivity index (χ3n) is 1.38. The van der Waals surface area contributed by atoms with E-state index < -0.39 is 0 Å². The Hall–Kier alpha value is -0.300. The Morgan fingerprint density at radius 1 is 0.909 bits per heavy atom. The zero-order valence-electron chi connectivity index (χ0n) is 7.55. The number of rotatable bonds is 3. The van der Waals surface area contributed by atoms with Crippen molar-refractivity contribution >= 4 is 11.3 Å². The van der Waals surface area contributed by atoms with Crippen LogP contribution in [0.3, 0.4) is 0 Å². The van der Waals surface area contributed by atoms with E-state index in [9.17, 15) is 0 Å². The molecule has 1 rings (SSSR count). The molecule has 0 N–H and O–H groups in total. The van der Waals surface area contributed by atoms with Gasteiger partial charge in [-0.15, -0.1) is 0 Å². The maximum Gasteiger partial charge on any atom is -0.00934 e. The Morgan fingerprint density at radius 3 is 1.55 bits per heavy atom. The molecule has 64 valence electrons. The quantitative estimate of drug-likeness (QED) is 0.592. The minimum atomic E-state index is 1.36. The van der Waals surface area contributed by atoms with Gasteiger partial charge in [0.1, 0.15) is 0 Å². The van der Waals surface area contributed by atoms with Gasteiger partial charge in [-0.25, -0.2) is 0 Å². The van der Waals surface area contributed by atoms with Crippen molar-refractivity contribution < 1.29 is 0 Å². The molecule has 0 spiro atoms.